The van der Waals surface area contributed by atoms with Gasteiger partial charge in [-0.1, -0.05) is 12.1 Å². The van der Waals surface area contributed by atoms with Gasteiger partial charge in [0.15, 0.2) is 0 Å². The zero-order chi connectivity index (χ0) is 12.3. The lowest BCUT2D eigenvalue weighted by Crippen LogP contribution is -2.26. The largest absolute Gasteiger partial charge is 0.497 e. The summed E-state index contributed by atoms with van der Waals surface area (Å²) in [7, 11) is 3.84. The van der Waals surface area contributed by atoms with E-state index in [-0.39, 0.29) is 5.60 Å². The van der Waals surface area contributed by atoms with Gasteiger partial charge in [0.1, 0.15) is 5.75 Å². The van der Waals surface area contributed by atoms with Crippen molar-refractivity contribution in [3.05, 3.63) is 29.8 Å². The van der Waals surface area contributed by atoms with Gasteiger partial charge >= 0.3 is 0 Å². The van der Waals surface area contributed by atoms with E-state index in [1.807, 2.05) is 12.1 Å². The molecule has 3 nitrogen and oxygen atoms in total. The molecule has 0 aliphatic carbocycles. The van der Waals surface area contributed by atoms with Crippen LogP contribution in [0, 0.1) is 0 Å². The topological polar surface area (TPSA) is 21.7 Å². The molecule has 0 amide bonds. The van der Waals surface area contributed by atoms with Crippen molar-refractivity contribution in [2.75, 3.05) is 33.9 Å². The van der Waals surface area contributed by atoms with E-state index in [0.717, 1.165) is 31.9 Å². The van der Waals surface area contributed by atoms with E-state index in [1.54, 1.807) is 7.11 Å². The van der Waals surface area contributed by atoms with E-state index in [4.69, 9.17) is 9.47 Å². The molecule has 1 unspecified atom stereocenters. The van der Waals surface area contributed by atoms with Crippen molar-refractivity contribution in [1.29, 1.82) is 0 Å². The third-order valence-corrected chi connectivity index (χ3v) is 3.54. The Morgan fingerprint density at radius 1 is 1.35 bits per heavy atom. The summed E-state index contributed by atoms with van der Waals surface area (Å²) in [5.41, 5.74) is 1.01. The Hall–Kier alpha value is -1.06. The Labute approximate surface area is 103 Å². The molecule has 0 aromatic heterocycles. The first-order valence-electron chi connectivity index (χ1n) is 6.11. The minimum Gasteiger partial charge on any atom is -0.497 e. The smallest absolute Gasteiger partial charge is 0.119 e. The third-order valence-electron chi connectivity index (χ3n) is 3.54. The standard InChI is InChI=1S/C14H21NO2/c1-14(7-8-15(2)9-10-17-14)12-5-4-6-13(11-12)16-3/h4-6,11H,7-10H2,1-3H3. The molecule has 2 rings (SSSR count). The average molecular weight is 235 g/mol. The number of hydrogen-bond donors (Lipinski definition) is 0. The SMILES string of the molecule is COc1cccc(C2(C)CCN(C)CCO2)c1. The van der Waals surface area contributed by atoms with Crippen molar-refractivity contribution in [3.8, 4) is 5.75 Å². The maximum atomic E-state index is 6.05. The quantitative estimate of drug-likeness (QED) is 0.785. The summed E-state index contributed by atoms with van der Waals surface area (Å²) in [6.45, 7) is 5.01. The van der Waals surface area contributed by atoms with Crippen LogP contribution in [0.1, 0.15) is 18.9 Å². The molecule has 1 saturated heterocycles. The predicted molar refractivity (Wildman–Crippen MR) is 68.4 cm³/mol. The van der Waals surface area contributed by atoms with Crippen LogP contribution in [0.15, 0.2) is 24.3 Å². The van der Waals surface area contributed by atoms with Crippen LogP contribution in [-0.2, 0) is 10.3 Å². The summed E-state index contributed by atoms with van der Waals surface area (Å²) >= 11 is 0. The van der Waals surface area contributed by atoms with Gasteiger partial charge in [-0.15, -0.1) is 0 Å². The molecule has 17 heavy (non-hydrogen) atoms. The lowest BCUT2D eigenvalue weighted by atomic mass is 9.92. The highest BCUT2D eigenvalue weighted by Gasteiger charge is 2.30. The Morgan fingerprint density at radius 2 is 2.18 bits per heavy atom. The van der Waals surface area contributed by atoms with Gasteiger partial charge in [0, 0.05) is 13.1 Å². The minimum atomic E-state index is -0.195. The van der Waals surface area contributed by atoms with Gasteiger partial charge in [-0.25, -0.2) is 0 Å². The molecule has 1 fully saturated rings. The van der Waals surface area contributed by atoms with Crippen LogP contribution in [0.25, 0.3) is 0 Å². The van der Waals surface area contributed by atoms with Gasteiger partial charge in [-0.3, -0.25) is 0 Å². The van der Waals surface area contributed by atoms with E-state index >= 15 is 0 Å². The second kappa shape index (κ2) is 5.07. The lowest BCUT2D eigenvalue weighted by molar-refractivity contribution is -0.0282. The Bertz CT molecular complexity index is 380. The summed E-state index contributed by atoms with van der Waals surface area (Å²) in [5, 5.41) is 0. The molecule has 0 saturated carbocycles. The molecule has 94 valence electrons. The van der Waals surface area contributed by atoms with E-state index in [9.17, 15) is 0 Å². The number of ether oxygens (including phenoxy) is 2. The number of benzene rings is 1. The van der Waals surface area contributed by atoms with Crippen molar-refractivity contribution in [2.45, 2.75) is 18.9 Å². The molecule has 1 heterocycles. The first-order chi connectivity index (χ1) is 8.14. The lowest BCUT2D eigenvalue weighted by Gasteiger charge is -2.29. The van der Waals surface area contributed by atoms with Crippen molar-refractivity contribution in [1.82, 2.24) is 4.90 Å². The van der Waals surface area contributed by atoms with Crippen molar-refractivity contribution >= 4 is 0 Å². The van der Waals surface area contributed by atoms with Gasteiger partial charge in [0.05, 0.1) is 19.3 Å². The number of likely N-dealkylation sites (N-methyl/N-ethyl adjacent to an activating group) is 1. The second-order valence-electron chi connectivity index (χ2n) is 4.86. The van der Waals surface area contributed by atoms with Gasteiger partial charge in [0.25, 0.3) is 0 Å². The van der Waals surface area contributed by atoms with Crippen LogP contribution in [0.3, 0.4) is 0 Å². The third kappa shape index (κ3) is 2.79. The van der Waals surface area contributed by atoms with E-state index in [1.165, 1.54) is 5.56 Å². The molecule has 1 aromatic rings. The Kier molecular flexibility index (Phi) is 3.69. The van der Waals surface area contributed by atoms with Crippen LogP contribution in [0.4, 0.5) is 0 Å². The molecule has 0 spiro atoms. The zero-order valence-corrected chi connectivity index (χ0v) is 10.9. The number of nitrogens with zero attached hydrogens (tertiary/aromatic N) is 1. The predicted octanol–water partition coefficient (Wildman–Crippen LogP) is 2.26. The molecule has 0 radical (unpaired) electrons. The summed E-state index contributed by atoms with van der Waals surface area (Å²) in [6, 6.07) is 8.19. The molecular formula is C14H21NO2. The van der Waals surface area contributed by atoms with Crippen LogP contribution < -0.4 is 4.74 Å². The summed E-state index contributed by atoms with van der Waals surface area (Å²) < 4.78 is 11.3. The number of rotatable bonds is 2. The molecular weight excluding hydrogens is 214 g/mol. The molecule has 0 bridgehead atoms. The zero-order valence-electron chi connectivity index (χ0n) is 10.9. The Morgan fingerprint density at radius 3 is 2.94 bits per heavy atom. The first-order valence-corrected chi connectivity index (χ1v) is 6.11. The second-order valence-corrected chi connectivity index (χ2v) is 4.86. The maximum absolute atomic E-state index is 6.05. The Balaban J connectivity index is 2.23. The number of methoxy groups -OCH3 is 1. The molecule has 1 aliphatic rings. The summed E-state index contributed by atoms with van der Waals surface area (Å²) in [6.07, 6.45) is 1.01. The summed E-state index contributed by atoms with van der Waals surface area (Å²) in [4.78, 5) is 2.31. The van der Waals surface area contributed by atoms with Gasteiger partial charge in [-0.2, -0.15) is 0 Å². The van der Waals surface area contributed by atoms with Crippen molar-refractivity contribution in [3.63, 3.8) is 0 Å². The highest BCUT2D eigenvalue weighted by atomic mass is 16.5. The molecule has 1 aromatic carbocycles. The molecule has 1 atom stereocenters. The average Bonchev–Trinajstić information content (AvgIpc) is 2.53. The highest BCUT2D eigenvalue weighted by molar-refractivity contribution is 5.32. The molecule has 1 aliphatic heterocycles. The van der Waals surface area contributed by atoms with Crippen molar-refractivity contribution in [2.24, 2.45) is 0 Å². The van der Waals surface area contributed by atoms with E-state index < -0.39 is 0 Å². The maximum Gasteiger partial charge on any atom is 0.119 e. The first kappa shape index (κ1) is 12.4. The van der Waals surface area contributed by atoms with Crippen LogP contribution in [-0.4, -0.2) is 38.8 Å². The van der Waals surface area contributed by atoms with Gasteiger partial charge < -0.3 is 14.4 Å². The van der Waals surface area contributed by atoms with Crippen molar-refractivity contribution < 1.29 is 9.47 Å². The van der Waals surface area contributed by atoms with Gasteiger partial charge in [0.2, 0.25) is 0 Å². The van der Waals surface area contributed by atoms with Crippen LogP contribution in [0.5, 0.6) is 5.75 Å². The fraction of sp³-hybridized carbons (Fsp3) is 0.571. The van der Waals surface area contributed by atoms with Crippen LogP contribution in [0.2, 0.25) is 0 Å². The monoisotopic (exact) mass is 235 g/mol. The molecule has 0 N–H and O–H groups in total. The van der Waals surface area contributed by atoms with Gasteiger partial charge in [-0.05, 0) is 38.1 Å². The fourth-order valence-electron chi connectivity index (χ4n) is 2.19. The normalized spacial score (nSPS) is 26.5. The molecule has 3 heteroatoms. The fourth-order valence-corrected chi connectivity index (χ4v) is 2.19. The number of hydrogen-bond acceptors (Lipinski definition) is 3. The minimum absolute atomic E-state index is 0.195. The van der Waals surface area contributed by atoms with E-state index in [0.29, 0.717) is 0 Å². The highest BCUT2D eigenvalue weighted by Crippen LogP contribution is 2.32. The van der Waals surface area contributed by atoms with Crippen LogP contribution >= 0.6 is 0 Å². The summed E-state index contributed by atoms with van der Waals surface area (Å²) in [5.74, 6) is 0.893. The van der Waals surface area contributed by atoms with E-state index in [2.05, 4.69) is 31.0 Å².